The maximum atomic E-state index is 12.6. The molecule has 0 aromatic heterocycles. The predicted molar refractivity (Wildman–Crippen MR) is 103 cm³/mol. The van der Waals surface area contributed by atoms with E-state index in [1.165, 1.54) is 16.4 Å². The molecule has 1 fully saturated rings. The van der Waals surface area contributed by atoms with Gasteiger partial charge in [-0.05, 0) is 37.1 Å². The van der Waals surface area contributed by atoms with Gasteiger partial charge in [-0.3, -0.25) is 4.79 Å². The molecule has 0 aliphatic carbocycles. The lowest BCUT2D eigenvalue weighted by Crippen LogP contribution is -2.35. The molecule has 0 bridgehead atoms. The van der Waals surface area contributed by atoms with E-state index < -0.39 is 10.0 Å². The molecule has 148 valence electrons. The van der Waals surface area contributed by atoms with Crippen LogP contribution >= 0.6 is 12.4 Å². The van der Waals surface area contributed by atoms with Crippen LogP contribution in [0, 0.1) is 0 Å². The molecule has 1 amide bonds. The Bertz CT molecular complexity index is 646. The summed E-state index contributed by atoms with van der Waals surface area (Å²) in [7, 11) is -1.82. The lowest BCUT2D eigenvalue weighted by molar-refractivity contribution is 0.0953. The minimum atomic E-state index is -3.45. The van der Waals surface area contributed by atoms with Crippen molar-refractivity contribution in [2.45, 2.75) is 24.2 Å². The van der Waals surface area contributed by atoms with Crippen molar-refractivity contribution in [2.24, 2.45) is 0 Å². The standard InChI is InChI=1S/C17H27N3O4S.ClH/c1-24-14-11-18-9-10-19-17(21)15-5-7-16(8-6-15)25(22,23)20-12-3-2-4-13-20;/h5-8,18H,2-4,9-14H2,1H3,(H,19,21);1H. The maximum Gasteiger partial charge on any atom is 0.251 e. The second-order valence-electron chi connectivity index (χ2n) is 5.99. The third kappa shape index (κ3) is 6.51. The molecule has 0 spiro atoms. The van der Waals surface area contributed by atoms with E-state index >= 15 is 0 Å². The number of nitrogens with zero attached hydrogens (tertiary/aromatic N) is 1. The number of hydrogen-bond donors (Lipinski definition) is 2. The number of hydrogen-bond acceptors (Lipinski definition) is 5. The van der Waals surface area contributed by atoms with E-state index in [4.69, 9.17) is 4.74 Å². The Kier molecular flexibility index (Phi) is 10.1. The van der Waals surface area contributed by atoms with Gasteiger partial charge in [0.15, 0.2) is 0 Å². The molecule has 1 aromatic rings. The van der Waals surface area contributed by atoms with E-state index in [-0.39, 0.29) is 23.2 Å². The van der Waals surface area contributed by atoms with E-state index in [9.17, 15) is 13.2 Å². The van der Waals surface area contributed by atoms with Crippen LogP contribution in [0.25, 0.3) is 0 Å². The van der Waals surface area contributed by atoms with Gasteiger partial charge in [0.05, 0.1) is 11.5 Å². The molecule has 0 radical (unpaired) electrons. The Morgan fingerprint density at radius 1 is 1.08 bits per heavy atom. The summed E-state index contributed by atoms with van der Waals surface area (Å²) in [4.78, 5) is 12.3. The molecule has 0 atom stereocenters. The number of carbonyl (C=O) groups excluding carboxylic acids is 1. The zero-order valence-electron chi connectivity index (χ0n) is 15.1. The lowest BCUT2D eigenvalue weighted by Gasteiger charge is -2.25. The van der Waals surface area contributed by atoms with Gasteiger partial charge in [-0.1, -0.05) is 6.42 Å². The summed E-state index contributed by atoms with van der Waals surface area (Å²) in [5, 5.41) is 5.93. The Hall–Kier alpha value is -1.19. The van der Waals surface area contributed by atoms with Crippen molar-refractivity contribution in [3.63, 3.8) is 0 Å². The fourth-order valence-corrected chi connectivity index (χ4v) is 4.22. The molecular formula is C17H28ClN3O4S. The van der Waals surface area contributed by atoms with Gasteiger partial charge < -0.3 is 15.4 Å². The second kappa shape index (κ2) is 11.5. The van der Waals surface area contributed by atoms with Crippen LogP contribution < -0.4 is 10.6 Å². The number of sulfonamides is 1. The first-order valence-corrected chi connectivity index (χ1v) is 10.1. The van der Waals surface area contributed by atoms with Crippen LogP contribution in [0.2, 0.25) is 0 Å². The number of amides is 1. The van der Waals surface area contributed by atoms with Gasteiger partial charge in [0.1, 0.15) is 0 Å². The van der Waals surface area contributed by atoms with Crippen molar-refractivity contribution in [1.29, 1.82) is 0 Å². The van der Waals surface area contributed by atoms with Gasteiger partial charge in [0.25, 0.3) is 5.91 Å². The van der Waals surface area contributed by atoms with Crippen LogP contribution in [0.1, 0.15) is 29.6 Å². The molecule has 1 aromatic carbocycles. The summed E-state index contributed by atoms with van der Waals surface area (Å²) in [6.45, 7) is 3.64. The van der Waals surface area contributed by atoms with Gasteiger partial charge in [0.2, 0.25) is 10.0 Å². The smallest absolute Gasteiger partial charge is 0.251 e. The normalized spacial score (nSPS) is 15.3. The summed E-state index contributed by atoms with van der Waals surface area (Å²) in [5.41, 5.74) is 0.453. The molecule has 0 saturated carbocycles. The fourth-order valence-electron chi connectivity index (χ4n) is 2.70. The average molecular weight is 406 g/mol. The summed E-state index contributed by atoms with van der Waals surface area (Å²) in [6.07, 6.45) is 2.88. The summed E-state index contributed by atoms with van der Waals surface area (Å²) >= 11 is 0. The molecule has 26 heavy (non-hydrogen) atoms. The van der Waals surface area contributed by atoms with Crippen molar-refractivity contribution in [2.75, 3.05) is 46.4 Å². The zero-order chi connectivity index (χ0) is 18.1. The summed E-state index contributed by atoms with van der Waals surface area (Å²) < 4.78 is 31.6. The maximum absolute atomic E-state index is 12.6. The molecule has 1 heterocycles. The highest BCUT2D eigenvalue weighted by molar-refractivity contribution is 7.89. The number of carbonyl (C=O) groups is 1. The highest BCUT2D eigenvalue weighted by Gasteiger charge is 2.25. The number of halogens is 1. The fraction of sp³-hybridized carbons (Fsp3) is 0.588. The minimum Gasteiger partial charge on any atom is -0.383 e. The predicted octanol–water partition coefficient (Wildman–Crippen LogP) is 1.25. The average Bonchev–Trinajstić information content (AvgIpc) is 2.65. The third-order valence-electron chi connectivity index (χ3n) is 4.14. The summed E-state index contributed by atoms with van der Waals surface area (Å²) in [6, 6.07) is 6.14. The summed E-state index contributed by atoms with van der Waals surface area (Å²) in [5.74, 6) is -0.213. The van der Waals surface area contributed by atoms with Crippen LogP contribution in [0.15, 0.2) is 29.2 Å². The molecule has 7 nitrogen and oxygen atoms in total. The first-order valence-electron chi connectivity index (χ1n) is 8.64. The molecule has 2 N–H and O–H groups in total. The largest absolute Gasteiger partial charge is 0.383 e. The minimum absolute atomic E-state index is 0. The second-order valence-corrected chi connectivity index (χ2v) is 7.93. The SMILES string of the molecule is COCCNCCNC(=O)c1ccc(S(=O)(=O)N2CCCCC2)cc1.Cl. The molecule has 1 saturated heterocycles. The van der Waals surface area contributed by atoms with E-state index in [1.807, 2.05) is 0 Å². The number of methoxy groups -OCH3 is 1. The van der Waals surface area contributed by atoms with Crippen LogP contribution in [0.3, 0.4) is 0 Å². The molecule has 9 heteroatoms. The Labute approximate surface area is 161 Å². The lowest BCUT2D eigenvalue weighted by atomic mass is 10.2. The van der Waals surface area contributed by atoms with E-state index in [1.54, 1.807) is 19.2 Å². The van der Waals surface area contributed by atoms with Crippen LogP contribution in [-0.4, -0.2) is 65.1 Å². The van der Waals surface area contributed by atoms with Gasteiger partial charge in [-0.2, -0.15) is 4.31 Å². The van der Waals surface area contributed by atoms with Crippen molar-refractivity contribution in [3.05, 3.63) is 29.8 Å². The zero-order valence-corrected chi connectivity index (χ0v) is 16.7. The van der Waals surface area contributed by atoms with Crippen LogP contribution in [0.4, 0.5) is 0 Å². The Balaban J connectivity index is 0.00000338. The van der Waals surface area contributed by atoms with Crippen molar-refractivity contribution in [3.8, 4) is 0 Å². The highest BCUT2D eigenvalue weighted by Crippen LogP contribution is 2.20. The molecule has 0 unspecified atom stereocenters. The first-order chi connectivity index (χ1) is 12.1. The van der Waals surface area contributed by atoms with Crippen molar-refractivity contribution >= 4 is 28.3 Å². The number of benzene rings is 1. The molecule has 2 rings (SSSR count). The van der Waals surface area contributed by atoms with E-state index in [0.29, 0.717) is 38.3 Å². The molecule has 1 aliphatic rings. The number of piperidine rings is 1. The molecular weight excluding hydrogens is 378 g/mol. The van der Waals surface area contributed by atoms with E-state index in [2.05, 4.69) is 10.6 Å². The highest BCUT2D eigenvalue weighted by atomic mass is 35.5. The quantitative estimate of drug-likeness (QED) is 0.604. The molecule has 1 aliphatic heterocycles. The van der Waals surface area contributed by atoms with E-state index in [0.717, 1.165) is 25.8 Å². The van der Waals surface area contributed by atoms with Gasteiger partial charge in [-0.15, -0.1) is 12.4 Å². The number of rotatable bonds is 9. The van der Waals surface area contributed by atoms with Crippen molar-refractivity contribution in [1.82, 2.24) is 14.9 Å². The van der Waals surface area contributed by atoms with Crippen LogP contribution in [0.5, 0.6) is 0 Å². The van der Waals surface area contributed by atoms with Gasteiger partial charge in [0, 0.05) is 45.4 Å². The van der Waals surface area contributed by atoms with Gasteiger partial charge >= 0.3 is 0 Å². The topological polar surface area (TPSA) is 87.7 Å². The number of ether oxygens (including phenoxy) is 1. The van der Waals surface area contributed by atoms with Gasteiger partial charge in [-0.25, -0.2) is 8.42 Å². The number of nitrogens with one attached hydrogen (secondary N) is 2. The monoisotopic (exact) mass is 405 g/mol. The van der Waals surface area contributed by atoms with Crippen molar-refractivity contribution < 1.29 is 17.9 Å². The Morgan fingerprint density at radius 2 is 1.73 bits per heavy atom. The first kappa shape index (κ1) is 22.9. The van der Waals surface area contributed by atoms with Crippen LogP contribution in [-0.2, 0) is 14.8 Å². The Morgan fingerprint density at radius 3 is 2.35 bits per heavy atom. The third-order valence-corrected chi connectivity index (χ3v) is 6.05.